The van der Waals surface area contributed by atoms with Crippen LogP contribution in [0.1, 0.15) is 44.2 Å². The average molecular weight is 277 g/mol. The molecule has 0 bridgehead atoms. The van der Waals surface area contributed by atoms with Crippen molar-refractivity contribution in [1.29, 1.82) is 0 Å². The zero-order valence-electron chi connectivity index (χ0n) is 12.6. The zero-order valence-corrected chi connectivity index (χ0v) is 12.6. The minimum absolute atomic E-state index is 0.726. The van der Waals surface area contributed by atoms with Crippen molar-refractivity contribution in [2.24, 2.45) is 5.92 Å². The first-order valence-electron chi connectivity index (χ1n) is 8.11. The van der Waals surface area contributed by atoms with Crippen molar-refractivity contribution in [3.63, 3.8) is 0 Å². The van der Waals surface area contributed by atoms with Gasteiger partial charge in [0, 0.05) is 25.3 Å². The minimum Gasteiger partial charge on any atom is -0.311 e. The summed E-state index contributed by atoms with van der Waals surface area (Å²) in [6, 6.07) is 0.726. The summed E-state index contributed by atoms with van der Waals surface area (Å²) < 4.78 is 2.01. The average Bonchev–Trinajstić information content (AvgIpc) is 3.16. The molecular formula is C15H27N5. The summed E-state index contributed by atoms with van der Waals surface area (Å²) in [5.41, 5.74) is 1.07. The third-order valence-electron chi connectivity index (χ3n) is 4.64. The lowest BCUT2D eigenvalue weighted by Crippen LogP contribution is -2.36. The Kier molecular flexibility index (Phi) is 4.68. The molecule has 2 heterocycles. The molecule has 0 radical (unpaired) electrons. The summed E-state index contributed by atoms with van der Waals surface area (Å²) in [7, 11) is 2.25. The lowest BCUT2D eigenvalue weighted by Gasteiger charge is -2.32. The Labute approximate surface area is 121 Å². The Morgan fingerprint density at radius 2 is 2.20 bits per heavy atom. The Hall–Kier alpha value is -0.940. The Morgan fingerprint density at radius 1 is 1.30 bits per heavy atom. The van der Waals surface area contributed by atoms with Crippen LogP contribution in [0.25, 0.3) is 0 Å². The van der Waals surface area contributed by atoms with E-state index in [1.165, 1.54) is 45.1 Å². The van der Waals surface area contributed by atoms with Crippen molar-refractivity contribution in [3.05, 3.63) is 11.9 Å². The lowest BCUT2D eigenvalue weighted by molar-refractivity contribution is 0.169. The molecular weight excluding hydrogens is 250 g/mol. The minimum atomic E-state index is 0.726. The van der Waals surface area contributed by atoms with Crippen molar-refractivity contribution in [3.8, 4) is 0 Å². The molecule has 112 valence electrons. The molecule has 20 heavy (non-hydrogen) atoms. The molecule has 0 aromatic carbocycles. The molecule has 1 aliphatic carbocycles. The first kappa shape index (κ1) is 14.0. The van der Waals surface area contributed by atoms with Crippen molar-refractivity contribution < 1.29 is 0 Å². The van der Waals surface area contributed by atoms with Gasteiger partial charge in [0.25, 0.3) is 0 Å². The van der Waals surface area contributed by atoms with E-state index < -0.39 is 0 Å². The summed E-state index contributed by atoms with van der Waals surface area (Å²) >= 11 is 0. The molecule has 1 aromatic rings. The molecule has 2 aliphatic rings. The van der Waals surface area contributed by atoms with E-state index in [2.05, 4.69) is 33.8 Å². The molecule has 1 aliphatic heterocycles. The first-order valence-corrected chi connectivity index (χ1v) is 8.11. The number of aryl methyl sites for hydroxylation is 1. The molecule has 1 saturated heterocycles. The van der Waals surface area contributed by atoms with Gasteiger partial charge in [-0.2, -0.15) is 0 Å². The van der Waals surface area contributed by atoms with Gasteiger partial charge in [-0.05, 0) is 58.2 Å². The maximum Gasteiger partial charge on any atom is 0.0964 e. The maximum absolute atomic E-state index is 4.25. The quantitative estimate of drug-likeness (QED) is 0.823. The Morgan fingerprint density at radius 3 is 3.00 bits per heavy atom. The van der Waals surface area contributed by atoms with Crippen LogP contribution in [0.5, 0.6) is 0 Å². The van der Waals surface area contributed by atoms with E-state index in [1.54, 1.807) is 0 Å². The van der Waals surface area contributed by atoms with Crippen LogP contribution in [0.4, 0.5) is 0 Å². The monoisotopic (exact) mass is 277 g/mol. The van der Waals surface area contributed by atoms with Gasteiger partial charge in [-0.3, -0.25) is 4.68 Å². The van der Waals surface area contributed by atoms with Gasteiger partial charge >= 0.3 is 0 Å². The molecule has 3 rings (SSSR count). The van der Waals surface area contributed by atoms with Crippen LogP contribution in [0.15, 0.2) is 6.20 Å². The fraction of sp³-hybridized carbons (Fsp3) is 0.867. The second-order valence-electron chi connectivity index (χ2n) is 6.47. The van der Waals surface area contributed by atoms with Crippen LogP contribution in [-0.2, 0) is 13.1 Å². The van der Waals surface area contributed by atoms with E-state index in [0.717, 1.165) is 37.3 Å². The van der Waals surface area contributed by atoms with E-state index in [-0.39, 0.29) is 0 Å². The molecule has 1 saturated carbocycles. The standard InChI is InChI=1S/C15H27N5/c1-19-8-3-2-4-15(19)7-9-20-12-14(17-18-20)11-16-10-13-5-6-13/h12-13,15-16H,2-11H2,1H3. The van der Waals surface area contributed by atoms with Gasteiger partial charge in [-0.15, -0.1) is 5.10 Å². The molecule has 0 spiro atoms. The summed E-state index contributed by atoms with van der Waals surface area (Å²) in [5.74, 6) is 0.923. The van der Waals surface area contributed by atoms with Gasteiger partial charge in [0.1, 0.15) is 0 Å². The zero-order chi connectivity index (χ0) is 13.8. The normalized spacial score (nSPS) is 24.1. The second-order valence-corrected chi connectivity index (χ2v) is 6.47. The first-order chi connectivity index (χ1) is 9.81. The molecule has 1 N–H and O–H groups in total. The lowest BCUT2D eigenvalue weighted by atomic mass is 10.0. The number of rotatable bonds is 7. The molecule has 0 amide bonds. The van der Waals surface area contributed by atoms with Crippen molar-refractivity contribution in [2.75, 3.05) is 20.1 Å². The third-order valence-corrected chi connectivity index (χ3v) is 4.64. The van der Waals surface area contributed by atoms with E-state index in [0.29, 0.717) is 0 Å². The SMILES string of the molecule is CN1CCCCC1CCn1cc(CNCC2CC2)nn1. The van der Waals surface area contributed by atoms with Crippen LogP contribution in [-0.4, -0.2) is 46.1 Å². The summed E-state index contributed by atoms with van der Waals surface area (Å²) in [6.07, 6.45) is 10.2. The number of nitrogens with one attached hydrogen (secondary N) is 1. The van der Waals surface area contributed by atoms with E-state index in [4.69, 9.17) is 0 Å². The van der Waals surface area contributed by atoms with Crippen LogP contribution >= 0.6 is 0 Å². The number of hydrogen-bond acceptors (Lipinski definition) is 4. The van der Waals surface area contributed by atoms with Crippen molar-refractivity contribution in [1.82, 2.24) is 25.2 Å². The topological polar surface area (TPSA) is 46.0 Å². The summed E-state index contributed by atoms with van der Waals surface area (Å²) in [5, 5.41) is 12.0. The number of piperidine rings is 1. The number of likely N-dealkylation sites (tertiary alicyclic amines) is 1. The molecule has 5 heteroatoms. The maximum atomic E-state index is 4.25. The highest BCUT2D eigenvalue weighted by atomic mass is 15.4. The van der Waals surface area contributed by atoms with Crippen LogP contribution in [0.2, 0.25) is 0 Å². The predicted molar refractivity (Wildman–Crippen MR) is 79.3 cm³/mol. The van der Waals surface area contributed by atoms with Crippen molar-refractivity contribution >= 4 is 0 Å². The fourth-order valence-corrected chi connectivity index (χ4v) is 3.05. The number of hydrogen-bond donors (Lipinski definition) is 1. The summed E-state index contributed by atoms with van der Waals surface area (Å²) in [4.78, 5) is 2.50. The molecule has 5 nitrogen and oxygen atoms in total. The van der Waals surface area contributed by atoms with Gasteiger partial charge in [-0.25, -0.2) is 0 Å². The van der Waals surface area contributed by atoms with Gasteiger partial charge in [0.05, 0.1) is 5.69 Å². The van der Waals surface area contributed by atoms with Crippen LogP contribution < -0.4 is 5.32 Å². The van der Waals surface area contributed by atoms with Gasteiger partial charge < -0.3 is 10.2 Å². The molecule has 1 unspecified atom stereocenters. The largest absolute Gasteiger partial charge is 0.311 e. The highest BCUT2D eigenvalue weighted by Crippen LogP contribution is 2.27. The molecule has 1 atom stereocenters. The number of nitrogens with zero attached hydrogens (tertiary/aromatic N) is 4. The third kappa shape index (κ3) is 4.03. The van der Waals surface area contributed by atoms with E-state index >= 15 is 0 Å². The van der Waals surface area contributed by atoms with E-state index in [9.17, 15) is 0 Å². The molecule has 1 aromatic heterocycles. The van der Waals surface area contributed by atoms with Crippen LogP contribution in [0, 0.1) is 5.92 Å². The molecule has 2 fully saturated rings. The Bertz CT molecular complexity index is 412. The van der Waals surface area contributed by atoms with Gasteiger partial charge in [0.15, 0.2) is 0 Å². The van der Waals surface area contributed by atoms with Gasteiger partial charge in [0.2, 0.25) is 0 Å². The van der Waals surface area contributed by atoms with Crippen molar-refractivity contribution in [2.45, 2.75) is 57.7 Å². The smallest absolute Gasteiger partial charge is 0.0964 e. The number of aromatic nitrogens is 3. The van der Waals surface area contributed by atoms with Gasteiger partial charge in [-0.1, -0.05) is 11.6 Å². The highest BCUT2D eigenvalue weighted by molar-refractivity contribution is 4.92. The fourth-order valence-electron chi connectivity index (χ4n) is 3.05. The second kappa shape index (κ2) is 6.68. The Balaban J connectivity index is 1.39. The highest BCUT2D eigenvalue weighted by Gasteiger charge is 2.20. The van der Waals surface area contributed by atoms with Crippen LogP contribution in [0.3, 0.4) is 0 Å². The van der Waals surface area contributed by atoms with E-state index in [1.807, 2.05) is 4.68 Å². The summed E-state index contributed by atoms with van der Waals surface area (Å²) in [6.45, 7) is 4.24. The predicted octanol–water partition coefficient (Wildman–Crippen LogP) is 1.65.